The first kappa shape index (κ1) is 14.9. The molecule has 0 radical (unpaired) electrons. The van der Waals surface area contributed by atoms with Gasteiger partial charge in [0, 0.05) is 16.1 Å². The zero-order valence-electron chi connectivity index (χ0n) is 11.4. The van der Waals surface area contributed by atoms with E-state index in [4.69, 9.17) is 15.2 Å². The van der Waals surface area contributed by atoms with E-state index in [1.54, 1.807) is 0 Å². The minimum Gasteiger partial charge on any atom is -0.490 e. The van der Waals surface area contributed by atoms with Gasteiger partial charge in [-0.25, -0.2) is 0 Å². The van der Waals surface area contributed by atoms with Gasteiger partial charge in [-0.1, -0.05) is 34.1 Å². The molecule has 0 saturated heterocycles. The molecule has 0 spiro atoms. The largest absolute Gasteiger partial charge is 0.490 e. The van der Waals surface area contributed by atoms with Gasteiger partial charge >= 0.3 is 0 Å². The molecule has 0 aliphatic heterocycles. The molecule has 2 aromatic carbocycles. The van der Waals surface area contributed by atoms with Gasteiger partial charge in [0.1, 0.15) is 24.7 Å². The zero-order chi connectivity index (χ0) is 14.4. The molecule has 20 heavy (non-hydrogen) atoms. The summed E-state index contributed by atoms with van der Waals surface area (Å²) in [6.07, 6.45) is 0. The van der Waals surface area contributed by atoms with Gasteiger partial charge in [-0.15, -0.1) is 0 Å². The Morgan fingerprint density at radius 2 is 1.65 bits per heavy atom. The molecule has 106 valence electrons. The number of rotatable bonds is 6. The van der Waals surface area contributed by atoms with Crippen molar-refractivity contribution in [2.45, 2.75) is 13.0 Å². The summed E-state index contributed by atoms with van der Waals surface area (Å²) in [4.78, 5) is 0. The smallest absolute Gasteiger partial charge is 0.124 e. The van der Waals surface area contributed by atoms with Crippen LogP contribution >= 0.6 is 15.9 Å². The fourth-order valence-electron chi connectivity index (χ4n) is 1.83. The summed E-state index contributed by atoms with van der Waals surface area (Å²) in [5.74, 6) is 1.65. The first-order valence-corrected chi connectivity index (χ1v) is 7.32. The van der Waals surface area contributed by atoms with Gasteiger partial charge in [-0.3, -0.25) is 0 Å². The first-order valence-electron chi connectivity index (χ1n) is 6.52. The first-order chi connectivity index (χ1) is 9.66. The molecule has 0 saturated carbocycles. The van der Waals surface area contributed by atoms with Crippen LogP contribution in [-0.4, -0.2) is 13.2 Å². The molecule has 0 aliphatic carbocycles. The number of nitrogens with two attached hydrogens (primary N) is 1. The summed E-state index contributed by atoms with van der Waals surface area (Å²) < 4.78 is 12.4. The van der Waals surface area contributed by atoms with E-state index in [1.807, 2.05) is 55.5 Å². The molecular formula is C16H18BrNO2. The van der Waals surface area contributed by atoms with E-state index in [9.17, 15) is 0 Å². The van der Waals surface area contributed by atoms with Crippen LogP contribution in [0.15, 0.2) is 53.0 Å². The average molecular weight is 336 g/mol. The highest BCUT2D eigenvalue weighted by molar-refractivity contribution is 9.10. The van der Waals surface area contributed by atoms with E-state index in [0.29, 0.717) is 13.2 Å². The van der Waals surface area contributed by atoms with Crippen molar-refractivity contribution in [1.82, 2.24) is 0 Å². The lowest BCUT2D eigenvalue weighted by Crippen LogP contribution is -2.12. The van der Waals surface area contributed by atoms with Gasteiger partial charge in [0.05, 0.1) is 0 Å². The Balaban J connectivity index is 1.83. The molecule has 0 aliphatic rings. The Kier molecular flexibility index (Phi) is 5.44. The molecule has 2 aromatic rings. The topological polar surface area (TPSA) is 44.5 Å². The monoisotopic (exact) mass is 335 g/mol. The molecule has 0 fully saturated rings. The van der Waals surface area contributed by atoms with Crippen molar-refractivity contribution in [3.8, 4) is 11.5 Å². The highest BCUT2D eigenvalue weighted by Crippen LogP contribution is 2.23. The van der Waals surface area contributed by atoms with Gasteiger partial charge in [-0.05, 0) is 37.3 Å². The highest BCUT2D eigenvalue weighted by atomic mass is 79.9. The second-order valence-electron chi connectivity index (χ2n) is 4.48. The quantitative estimate of drug-likeness (QED) is 0.813. The zero-order valence-corrected chi connectivity index (χ0v) is 13.0. The van der Waals surface area contributed by atoms with Crippen molar-refractivity contribution in [1.29, 1.82) is 0 Å². The van der Waals surface area contributed by atoms with Crippen LogP contribution in [0.2, 0.25) is 0 Å². The van der Waals surface area contributed by atoms with Gasteiger partial charge in [0.15, 0.2) is 0 Å². The Labute approximate surface area is 127 Å². The molecule has 4 heteroatoms. The number of ether oxygens (including phenoxy) is 2. The molecule has 0 bridgehead atoms. The van der Waals surface area contributed by atoms with Crippen LogP contribution in [0.4, 0.5) is 0 Å². The predicted molar refractivity (Wildman–Crippen MR) is 84.2 cm³/mol. The molecule has 0 heterocycles. The summed E-state index contributed by atoms with van der Waals surface area (Å²) in [7, 11) is 0. The van der Waals surface area contributed by atoms with Crippen molar-refractivity contribution in [2.24, 2.45) is 5.73 Å². The van der Waals surface area contributed by atoms with Crippen molar-refractivity contribution in [3.63, 3.8) is 0 Å². The maximum atomic E-state index is 5.91. The molecule has 3 nitrogen and oxygen atoms in total. The number of hydrogen-bond donors (Lipinski definition) is 1. The number of benzene rings is 2. The summed E-state index contributed by atoms with van der Waals surface area (Å²) >= 11 is 3.39. The lowest BCUT2D eigenvalue weighted by atomic mass is 10.1. The third-order valence-corrected chi connectivity index (χ3v) is 3.36. The minimum atomic E-state index is -0.0430. The molecule has 1 atom stereocenters. The Hall–Kier alpha value is -1.52. The number of halogens is 1. The van der Waals surface area contributed by atoms with Crippen molar-refractivity contribution < 1.29 is 9.47 Å². The van der Waals surface area contributed by atoms with Crippen LogP contribution in [0.1, 0.15) is 18.5 Å². The van der Waals surface area contributed by atoms with Crippen LogP contribution in [-0.2, 0) is 0 Å². The van der Waals surface area contributed by atoms with E-state index in [0.717, 1.165) is 21.5 Å². The van der Waals surface area contributed by atoms with Crippen molar-refractivity contribution in [3.05, 3.63) is 58.6 Å². The summed E-state index contributed by atoms with van der Waals surface area (Å²) in [5.41, 5.74) is 6.92. The second-order valence-corrected chi connectivity index (χ2v) is 5.39. The van der Waals surface area contributed by atoms with E-state index < -0.39 is 0 Å². The van der Waals surface area contributed by atoms with Crippen LogP contribution in [0.3, 0.4) is 0 Å². The van der Waals surface area contributed by atoms with E-state index in [-0.39, 0.29) is 6.04 Å². The van der Waals surface area contributed by atoms with Gasteiger partial charge < -0.3 is 15.2 Å². The van der Waals surface area contributed by atoms with E-state index in [2.05, 4.69) is 15.9 Å². The number of para-hydroxylation sites is 1. The summed E-state index contributed by atoms with van der Waals surface area (Å²) in [6, 6.07) is 15.5. The third kappa shape index (κ3) is 4.25. The maximum absolute atomic E-state index is 5.91. The predicted octanol–water partition coefficient (Wildman–Crippen LogP) is 3.93. The highest BCUT2D eigenvalue weighted by Gasteiger charge is 2.06. The normalized spacial score (nSPS) is 11.9. The lowest BCUT2D eigenvalue weighted by Gasteiger charge is -2.14. The van der Waals surface area contributed by atoms with E-state index in [1.165, 1.54) is 0 Å². The third-order valence-electron chi connectivity index (χ3n) is 2.83. The Bertz CT molecular complexity index is 540. The van der Waals surface area contributed by atoms with Crippen molar-refractivity contribution in [2.75, 3.05) is 13.2 Å². The van der Waals surface area contributed by atoms with Gasteiger partial charge in [0.2, 0.25) is 0 Å². The van der Waals surface area contributed by atoms with Gasteiger partial charge in [-0.2, -0.15) is 0 Å². The Morgan fingerprint density at radius 3 is 2.35 bits per heavy atom. The lowest BCUT2D eigenvalue weighted by molar-refractivity contribution is 0.215. The van der Waals surface area contributed by atoms with Crippen LogP contribution in [0.5, 0.6) is 11.5 Å². The molecule has 0 unspecified atom stereocenters. The Morgan fingerprint density at radius 1 is 1.00 bits per heavy atom. The minimum absolute atomic E-state index is 0.0430. The van der Waals surface area contributed by atoms with Crippen LogP contribution < -0.4 is 15.2 Å². The molecule has 0 aromatic heterocycles. The maximum Gasteiger partial charge on any atom is 0.124 e. The standard InChI is InChI=1S/C16H18BrNO2/c1-12(18)15-4-2-3-5-16(15)20-11-10-19-14-8-6-13(17)7-9-14/h2-9,12H,10-11,18H2,1H3/t12-/m0/s1. The van der Waals surface area contributed by atoms with E-state index >= 15 is 0 Å². The average Bonchev–Trinajstić information content (AvgIpc) is 2.46. The van der Waals surface area contributed by atoms with Crippen LogP contribution in [0.25, 0.3) is 0 Å². The molecule has 0 amide bonds. The SMILES string of the molecule is C[C@H](N)c1ccccc1OCCOc1ccc(Br)cc1. The fourth-order valence-corrected chi connectivity index (χ4v) is 2.09. The number of hydrogen-bond acceptors (Lipinski definition) is 3. The molecule has 2 rings (SSSR count). The molecular weight excluding hydrogens is 318 g/mol. The summed E-state index contributed by atoms with van der Waals surface area (Å²) in [6.45, 7) is 2.93. The summed E-state index contributed by atoms with van der Waals surface area (Å²) in [5, 5.41) is 0. The fraction of sp³-hybridized carbons (Fsp3) is 0.250. The van der Waals surface area contributed by atoms with Crippen LogP contribution in [0, 0.1) is 0 Å². The second kappa shape index (κ2) is 7.31. The molecule has 2 N–H and O–H groups in total. The van der Waals surface area contributed by atoms with Crippen molar-refractivity contribution >= 4 is 15.9 Å². The van der Waals surface area contributed by atoms with Gasteiger partial charge in [0.25, 0.3) is 0 Å².